The molecule has 7 nitrogen and oxygen atoms in total. The molecule has 1 amide bonds. The lowest BCUT2D eigenvalue weighted by Gasteiger charge is -2.12. The highest BCUT2D eigenvalue weighted by Gasteiger charge is 2.11. The van der Waals surface area contributed by atoms with Crippen LogP contribution in [0, 0.1) is 10.1 Å². The van der Waals surface area contributed by atoms with Crippen LogP contribution in [0.25, 0.3) is 0 Å². The summed E-state index contributed by atoms with van der Waals surface area (Å²) >= 11 is 0. The van der Waals surface area contributed by atoms with E-state index in [-0.39, 0.29) is 18.1 Å². The molecule has 7 heteroatoms. The first-order valence-corrected chi connectivity index (χ1v) is 6.26. The summed E-state index contributed by atoms with van der Waals surface area (Å²) < 4.78 is 5.52. The van der Waals surface area contributed by atoms with Gasteiger partial charge in [-0.25, -0.2) is 0 Å². The van der Waals surface area contributed by atoms with Crippen molar-refractivity contribution in [2.45, 2.75) is 19.4 Å². The molecule has 0 unspecified atom stereocenters. The Balaban J connectivity index is 2.55. The minimum absolute atomic E-state index is 0.0133. The van der Waals surface area contributed by atoms with Gasteiger partial charge in [0.1, 0.15) is 5.75 Å². The number of nitro groups is 1. The molecule has 0 spiro atoms. The Kier molecular flexibility index (Phi) is 5.92. The van der Waals surface area contributed by atoms with E-state index >= 15 is 0 Å². The highest BCUT2D eigenvalue weighted by molar-refractivity contribution is 5.75. The van der Waals surface area contributed by atoms with Crippen LogP contribution in [0.5, 0.6) is 5.75 Å². The van der Waals surface area contributed by atoms with Crippen molar-refractivity contribution < 1.29 is 14.5 Å². The van der Waals surface area contributed by atoms with Gasteiger partial charge in [0.2, 0.25) is 5.91 Å². The third-order valence-electron chi connectivity index (χ3n) is 2.77. The zero-order chi connectivity index (χ0) is 15.1. The van der Waals surface area contributed by atoms with Crippen LogP contribution in [0.4, 0.5) is 5.69 Å². The van der Waals surface area contributed by atoms with Crippen molar-refractivity contribution in [1.82, 2.24) is 4.90 Å². The maximum absolute atomic E-state index is 11.4. The molecule has 1 aromatic carbocycles. The SMILES string of the molecule is CN(C)C(=O)CCCOc1ccc([N+](=O)[O-])cc1CN. The Labute approximate surface area is 117 Å². The first kappa shape index (κ1) is 15.9. The Morgan fingerprint density at radius 1 is 1.45 bits per heavy atom. The molecule has 0 atom stereocenters. The van der Waals surface area contributed by atoms with Crippen LogP contribution >= 0.6 is 0 Å². The van der Waals surface area contributed by atoms with Gasteiger partial charge < -0.3 is 15.4 Å². The Bertz CT molecular complexity index is 489. The minimum atomic E-state index is -0.474. The number of carbonyl (C=O) groups excluding carboxylic acids is 1. The fraction of sp³-hybridized carbons (Fsp3) is 0.462. The van der Waals surface area contributed by atoms with E-state index in [0.29, 0.717) is 30.8 Å². The summed E-state index contributed by atoms with van der Waals surface area (Å²) in [5, 5.41) is 10.7. The van der Waals surface area contributed by atoms with Gasteiger partial charge in [0.15, 0.2) is 0 Å². The van der Waals surface area contributed by atoms with Crippen LogP contribution in [0.2, 0.25) is 0 Å². The zero-order valence-corrected chi connectivity index (χ0v) is 11.7. The first-order chi connectivity index (χ1) is 9.45. The van der Waals surface area contributed by atoms with Crippen molar-refractivity contribution in [1.29, 1.82) is 0 Å². The number of carbonyl (C=O) groups is 1. The van der Waals surface area contributed by atoms with E-state index < -0.39 is 4.92 Å². The van der Waals surface area contributed by atoms with Gasteiger partial charge in [0.25, 0.3) is 5.69 Å². The average Bonchev–Trinajstić information content (AvgIpc) is 2.42. The monoisotopic (exact) mass is 281 g/mol. The van der Waals surface area contributed by atoms with Crippen LogP contribution in [0.15, 0.2) is 18.2 Å². The topological polar surface area (TPSA) is 98.7 Å². The lowest BCUT2D eigenvalue weighted by molar-refractivity contribution is -0.384. The number of nitrogens with zero attached hydrogens (tertiary/aromatic N) is 2. The standard InChI is InChI=1S/C13H19N3O4/c1-15(2)13(17)4-3-7-20-12-6-5-11(16(18)19)8-10(12)9-14/h5-6,8H,3-4,7,9,14H2,1-2H3. The first-order valence-electron chi connectivity index (χ1n) is 6.26. The van der Waals surface area contributed by atoms with E-state index in [2.05, 4.69) is 0 Å². The van der Waals surface area contributed by atoms with E-state index in [1.165, 1.54) is 23.1 Å². The van der Waals surface area contributed by atoms with Crippen molar-refractivity contribution in [2.75, 3.05) is 20.7 Å². The minimum Gasteiger partial charge on any atom is -0.493 e. The van der Waals surface area contributed by atoms with E-state index in [9.17, 15) is 14.9 Å². The summed E-state index contributed by atoms with van der Waals surface area (Å²) in [6, 6.07) is 4.31. The second kappa shape index (κ2) is 7.44. The number of nitro benzene ring substituents is 1. The number of benzene rings is 1. The number of non-ortho nitro benzene ring substituents is 1. The Morgan fingerprint density at radius 2 is 2.15 bits per heavy atom. The smallest absolute Gasteiger partial charge is 0.270 e. The number of hydrogen-bond acceptors (Lipinski definition) is 5. The van der Waals surface area contributed by atoms with E-state index in [1.807, 2.05) is 0 Å². The molecule has 0 aliphatic rings. The molecule has 0 aromatic heterocycles. The van der Waals surface area contributed by atoms with Crippen molar-refractivity contribution in [3.8, 4) is 5.75 Å². The molecule has 0 saturated heterocycles. The number of nitrogens with two attached hydrogens (primary N) is 1. The lowest BCUT2D eigenvalue weighted by atomic mass is 10.2. The number of ether oxygens (including phenoxy) is 1. The van der Waals surface area contributed by atoms with Crippen LogP contribution < -0.4 is 10.5 Å². The Morgan fingerprint density at radius 3 is 2.70 bits per heavy atom. The van der Waals surface area contributed by atoms with Crippen molar-refractivity contribution >= 4 is 11.6 Å². The third kappa shape index (κ3) is 4.51. The highest BCUT2D eigenvalue weighted by atomic mass is 16.6. The van der Waals surface area contributed by atoms with E-state index in [0.717, 1.165) is 0 Å². The molecule has 0 radical (unpaired) electrons. The quantitative estimate of drug-likeness (QED) is 0.461. The normalized spacial score (nSPS) is 10.2. The van der Waals surface area contributed by atoms with Gasteiger partial charge in [-0.3, -0.25) is 14.9 Å². The van der Waals surface area contributed by atoms with Gasteiger partial charge in [0, 0.05) is 44.8 Å². The maximum atomic E-state index is 11.4. The van der Waals surface area contributed by atoms with Gasteiger partial charge in [-0.15, -0.1) is 0 Å². The number of amides is 1. The zero-order valence-electron chi connectivity index (χ0n) is 11.7. The van der Waals surface area contributed by atoms with Crippen molar-refractivity contribution in [2.24, 2.45) is 5.73 Å². The molecule has 0 aliphatic heterocycles. The fourth-order valence-electron chi connectivity index (χ4n) is 1.61. The highest BCUT2D eigenvalue weighted by Crippen LogP contribution is 2.24. The summed E-state index contributed by atoms with van der Waals surface area (Å²) in [7, 11) is 3.40. The molecule has 0 aliphatic carbocycles. The van der Waals surface area contributed by atoms with Gasteiger partial charge in [0.05, 0.1) is 11.5 Å². The molecule has 20 heavy (non-hydrogen) atoms. The van der Waals surface area contributed by atoms with E-state index in [1.54, 1.807) is 14.1 Å². The van der Waals surface area contributed by atoms with Crippen LogP contribution in [-0.2, 0) is 11.3 Å². The van der Waals surface area contributed by atoms with Gasteiger partial charge in [-0.1, -0.05) is 0 Å². The molecule has 0 bridgehead atoms. The van der Waals surface area contributed by atoms with Gasteiger partial charge >= 0.3 is 0 Å². The molecular formula is C13H19N3O4. The average molecular weight is 281 g/mol. The van der Waals surface area contributed by atoms with E-state index in [4.69, 9.17) is 10.5 Å². The summed E-state index contributed by atoms with van der Waals surface area (Å²) in [5.41, 5.74) is 6.12. The molecule has 110 valence electrons. The molecule has 0 fully saturated rings. The lowest BCUT2D eigenvalue weighted by Crippen LogP contribution is -2.21. The third-order valence-corrected chi connectivity index (χ3v) is 2.77. The number of rotatable bonds is 7. The van der Waals surface area contributed by atoms with Gasteiger partial charge in [-0.05, 0) is 12.5 Å². The molecule has 1 rings (SSSR count). The summed E-state index contributed by atoms with van der Waals surface area (Å²) in [6.07, 6.45) is 0.982. The van der Waals surface area contributed by atoms with Crippen LogP contribution in [0.3, 0.4) is 0 Å². The molecular weight excluding hydrogens is 262 g/mol. The van der Waals surface area contributed by atoms with Crippen molar-refractivity contribution in [3.63, 3.8) is 0 Å². The fourth-order valence-corrected chi connectivity index (χ4v) is 1.61. The summed E-state index contributed by atoms with van der Waals surface area (Å²) in [6.45, 7) is 0.526. The molecule has 2 N–H and O–H groups in total. The summed E-state index contributed by atoms with van der Waals surface area (Å²) in [4.78, 5) is 23.1. The predicted molar refractivity (Wildman–Crippen MR) is 74.4 cm³/mol. The predicted octanol–water partition coefficient (Wildman–Crippen LogP) is 1.30. The maximum Gasteiger partial charge on any atom is 0.270 e. The van der Waals surface area contributed by atoms with Crippen molar-refractivity contribution in [3.05, 3.63) is 33.9 Å². The second-order valence-electron chi connectivity index (χ2n) is 4.49. The second-order valence-corrected chi connectivity index (χ2v) is 4.49. The molecule has 0 saturated carbocycles. The van der Waals surface area contributed by atoms with Gasteiger partial charge in [-0.2, -0.15) is 0 Å². The molecule has 1 aromatic rings. The van der Waals surface area contributed by atoms with Crippen LogP contribution in [-0.4, -0.2) is 36.4 Å². The number of hydrogen-bond donors (Lipinski definition) is 1. The summed E-state index contributed by atoms with van der Waals surface area (Å²) in [5.74, 6) is 0.562. The van der Waals surface area contributed by atoms with Crippen LogP contribution in [0.1, 0.15) is 18.4 Å². The Hall–Kier alpha value is -2.15. The largest absolute Gasteiger partial charge is 0.493 e. The molecule has 0 heterocycles.